The lowest BCUT2D eigenvalue weighted by molar-refractivity contribution is 0.0913. The summed E-state index contributed by atoms with van der Waals surface area (Å²) in [6.07, 6.45) is 3.35. The van der Waals surface area contributed by atoms with E-state index in [4.69, 9.17) is 16.0 Å². The van der Waals surface area contributed by atoms with Crippen LogP contribution < -0.4 is 5.32 Å². The molecule has 0 bridgehead atoms. The van der Waals surface area contributed by atoms with Crippen molar-refractivity contribution in [1.82, 2.24) is 15.3 Å². The fraction of sp³-hybridized carbons (Fsp3) is 0.136. The van der Waals surface area contributed by atoms with E-state index in [0.29, 0.717) is 22.1 Å². The molecule has 1 N–H and O–H groups in total. The number of carbonyl (C=O) groups excluding carboxylic acids is 1. The van der Waals surface area contributed by atoms with Gasteiger partial charge in [-0.3, -0.25) is 4.79 Å². The Morgan fingerprint density at radius 2 is 1.97 bits per heavy atom. The standard InChI is InChI=1S/C22H17ClFN3O2S/c1-13(14-7-8-18(24)17(23)11-14)27-21(28)20-16(12-30-22-25-9-4-10-26-22)15-5-2-3-6-19(15)29-20/h2-11,13H,12H2,1H3,(H,27,28). The van der Waals surface area contributed by atoms with E-state index >= 15 is 0 Å². The molecule has 1 amide bonds. The topological polar surface area (TPSA) is 68.0 Å². The minimum absolute atomic E-state index is 0.0114. The number of benzene rings is 2. The molecule has 4 rings (SSSR count). The third kappa shape index (κ3) is 4.32. The summed E-state index contributed by atoms with van der Waals surface area (Å²) in [5.41, 5.74) is 2.09. The van der Waals surface area contributed by atoms with E-state index in [9.17, 15) is 9.18 Å². The van der Waals surface area contributed by atoms with Crippen LogP contribution in [0.5, 0.6) is 0 Å². The molecule has 1 unspecified atom stereocenters. The summed E-state index contributed by atoms with van der Waals surface area (Å²) < 4.78 is 19.3. The molecule has 1 atom stereocenters. The predicted molar refractivity (Wildman–Crippen MR) is 115 cm³/mol. The number of thioether (sulfide) groups is 1. The van der Waals surface area contributed by atoms with Crippen molar-refractivity contribution in [3.05, 3.63) is 88.7 Å². The Morgan fingerprint density at radius 3 is 2.73 bits per heavy atom. The Kier molecular flexibility index (Phi) is 6.01. The van der Waals surface area contributed by atoms with E-state index in [-0.39, 0.29) is 22.7 Å². The first-order valence-corrected chi connectivity index (χ1v) is 10.6. The lowest BCUT2D eigenvalue weighted by Gasteiger charge is -2.14. The zero-order valence-electron chi connectivity index (χ0n) is 15.9. The van der Waals surface area contributed by atoms with Gasteiger partial charge in [-0.15, -0.1) is 0 Å². The highest BCUT2D eigenvalue weighted by Crippen LogP contribution is 2.31. The highest BCUT2D eigenvalue weighted by Gasteiger charge is 2.22. The molecular formula is C22H17ClFN3O2S. The second kappa shape index (κ2) is 8.85. The van der Waals surface area contributed by atoms with E-state index in [1.54, 1.807) is 31.5 Å². The van der Waals surface area contributed by atoms with Crippen LogP contribution in [0.3, 0.4) is 0 Å². The van der Waals surface area contributed by atoms with Gasteiger partial charge >= 0.3 is 0 Å². The van der Waals surface area contributed by atoms with Crippen molar-refractivity contribution >= 4 is 40.2 Å². The zero-order valence-corrected chi connectivity index (χ0v) is 17.5. The van der Waals surface area contributed by atoms with Gasteiger partial charge < -0.3 is 9.73 Å². The van der Waals surface area contributed by atoms with E-state index in [0.717, 1.165) is 10.9 Å². The van der Waals surface area contributed by atoms with Gasteiger partial charge in [0.25, 0.3) is 5.91 Å². The number of nitrogens with one attached hydrogen (secondary N) is 1. The fourth-order valence-electron chi connectivity index (χ4n) is 3.05. The Labute approximate surface area is 181 Å². The number of carbonyl (C=O) groups is 1. The van der Waals surface area contributed by atoms with Gasteiger partial charge in [0.2, 0.25) is 0 Å². The van der Waals surface area contributed by atoms with Gasteiger partial charge in [0, 0.05) is 29.1 Å². The number of aromatic nitrogens is 2. The number of hydrogen-bond donors (Lipinski definition) is 1. The number of fused-ring (bicyclic) bond motifs is 1. The third-order valence-electron chi connectivity index (χ3n) is 4.58. The Bertz CT molecular complexity index is 1200. The highest BCUT2D eigenvalue weighted by atomic mass is 35.5. The smallest absolute Gasteiger partial charge is 0.287 e. The molecule has 5 nitrogen and oxygen atoms in total. The number of amides is 1. The van der Waals surface area contributed by atoms with Crippen LogP contribution in [0.25, 0.3) is 11.0 Å². The highest BCUT2D eigenvalue weighted by molar-refractivity contribution is 7.98. The molecule has 0 aliphatic heterocycles. The van der Waals surface area contributed by atoms with Crippen LogP contribution in [0.1, 0.15) is 34.6 Å². The summed E-state index contributed by atoms with van der Waals surface area (Å²) in [6.45, 7) is 1.80. The number of halogens is 2. The van der Waals surface area contributed by atoms with Gasteiger partial charge in [-0.05, 0) is 36.8 Å². The van der Waals surface area contributed by atoms with Gasteiger partial charge in [0.05, 0.1) is 11.1 Å². The first kappa shape index (κ1) is 20.4. The average molecular weight is 442 g/mol. The maximum atomic E-state index is 13.4. The largest absolute Gasteiger partial charge is 0.451 e. The van der Waals surface area contributed by atoms with Crippen molar-refractivity contribution in [2.45, 2.75) is 23.9 Å². The molecule has 0 spiro atoms. The van der Waals surface area contributed by atoms with Gasteiger partial charge in [-0.1, -0.05) is 47.6 Å². The second-order valence-electron chi connectivity index (χ2n) is 6.59. The summed E-state index contributed by atoms with van der Waals surface area (Å²) in [5.74, 6) is -0.150. The second-order valence-corrected chi connectivity index (χ2v) is 7.94. The van der Waals surface area contributed by atoms with Crippen LogP contribution in [0.15, 0.2) is 70.5 Å². The van der Waals surface area contributed by atoms with E-state index in [1.807, 2.05) is 24.3 Å². The first-order valence-electron chi connectivity index (χ1n) is 9.19. The molecule has 0 aliphatic carbocycles. The monoisotopic (exact) mass is 441 g/mol. The molecule has 4 aromatic rings. The van der Waals surface area contributed by atoms with Crippen molar-refractivity contribution in [3.63, 3.8) is 0 Å². The predicted octanol–water partition coefficient (Wildman–Crippen LogP) is 5.80. The van der Waals surface area contributed by atoms with Crippen molar-refractivity contribution < 1.29 is 13.6 Å². The SMILES string of the molecule is CC(NC(=O)c1oc2ccccc2c1CSc1ncccn1)c1ccc(F)c(Cl)c1. The lowest BCUT2D eigenvalue weighted by Crippen LogP contribution is -2.27. The number of nitrogens with zero attached hydrogens (tertiary/aromatic N) is 2. The van der Waals surface area contributed by atoms with E-state index in [2.05, 4.69) is 15.3 Å². The van der Waals surface area contributed by atoms with Gasteiger partial charge in [0.1, 0.15) is 11.4 Å². The molecule has 0 aliphatic rings. The summed E-state index contributed by atoms with van der Waals surface area (Å²) >= 11 is 7.29. The van der Waals surface area contributed by atoms with Crippen LogP contribution in [0.2, 0.25) is 5.02 Å². The third-order valence-corrected chi connectivity index (χ3v) is 5.78. The molecule has 0 radical (unpaired) electrons. The molecule has 2 heterocycles. The van der Waals surface area contributed by atoms with Crippen molar-refractivity contribution in [3.8, 4) is 0 Å². The van der Waals surface area contributed by atoms with Crippen molar-refractivity contribution in [2.75, 3.05) is 0 Å². The maximum Gasteiger partial charge on any atom is 0.287 e. The van der Waals surface area contributed by atoms with Crippen LogP contribution >= 0.6 is 23.4 Å². The summed E-state index contributed by atoms with van der Waals surface area (Å²) in [5, 5.41) is 4.39. The van der Waals surface area contributed by atoms with Crippen LogP contribution in [0, 0.1) is 5.82 Å². The van der Waals surface area contributed by atoms with Crippen molar-refractivity contribution in [2.24, 2.45) is 0 Å². The van der Waals surface area contributed by atoms with Crippen LogP contribution in [-0.2, 0) is 5.75 Å². The normalized spacial score (nSPS) is 12.1. The molecule has 2 aromatic heterocycles. The van der Waals surface area contributed by atoms with Gasteiger partial charge in [-0.2, -0.15) is 0 Å². The lowest BCUT2D eigenvalue weighted by atomic mass is 10.1. The number of hydrogen-bond acceptors (Lipinski definition) is 5. The van der Waals surface area contributed by atoms with E-state index in [1.165, 1.54) is 23.9 Å². The van der Waals surface area contributed by atoms with Crippen LogP contribution in [0.4, 0.5) is 4.39 Å². The summed E-state index contributed by atoms with van der Waals surface area (Å²) in [6, 6.07) is 13.2. The summed E-state index contributed by atoms with van der Waals surface area (Å²) in [4.78, 5) is 21.5. The quantitative estimate of drug-likeness (QED) is 0.302. The molecule has 152 valence electrons. The number of rotatable bonds is 6. The van der Waals surface area contributed by atoms with Crippen LogP contribution in [-0.4, -0.2) is 15.9 Å². The maximum absolute atomic E-state index is 13.4. The first-order chi connectivity index (χ1) is 14.5. The van der Waals surface area contributed by atoms with Gasteiger partial charge in [-0.25, -0.2) is 14.4 Å². The molecule has 0 fully saturated rings. The molecular weight excluding hydrogens is 425 g/mol. The average Bonchev–Trinajstić information content (AvgIpc) is 3.13. The van der Waals surface area contributed by atoms with Gasteiger partial charge in [0.15, 0.2) is 10.9 Å². The Balaban J connectivity index is 1.60. The number of furan rings is 1. The zero-order chi connectivity index (χ0) is 21.1. The van der Waals surface area contributed by atoms with Crippen molar-refractivity contribution in [1.29, 1.82) is 0 Å². The minimum atomic E-state index is -0.501. The molecule has 2 aromatic carbocycles. The van der Waals surface area contributed by atoms with E-state index < -0.39 is 5.82 Å². The fourth-order valence-corrected chi connectivity index (χ4v) is 4.07. The molecule has 30 heavy (non-hydrogen) atoms. The Hall–Kier alpha value is -2.90. The summed E-state index contributed by atoms with van der Waals surface area (Å²) in [7, 11) is 0. The molecule has 0 saturated heterocycles. The molecule has 8 heteroatoms. The molecule has 0 saturated carbocycles. The minimum Gasteiger partial charge on any atom is -0.451 e. The Morgan fingerprint density at radius 1 is 1.20 bits per heavy atom. The number of para-hydroxylation sites is 1.